The second kappa shape index (κ2) is 5.34. The number of ether oxygens (including phenoxy) is 1. The van der Waals surface area contributed by atoms with E-state index in [4.69, 9.17) is 27.9 Å². The van der Waals surface area contributed by atoms with Crippen LogP contribution in [0.2, 0.25) is 5.02 Å². The molecular formula is C12H10Cl2N2O. The summed E-state index contributed by atoms with van der Waals surface area (Å²) in [4.78, 5) is 8.16. The Labute approximate surface area is 109 Å². The van der Waals surface area contributed by atoms with E-state index in [1.807, 2.05) is 19.1 Å². The number of rotatable bonds is 3. The monoisotopic (exact) mass is 268 g/mol. The first-order chi connectivity index (χ1) is 8.19. The van der Waals surface area contributed by atoms with Gasteiger partial charge in [0.15, 0.2) is 0 Å². The maximum atomic E-state index is 6.05. The van der Waals surface area contributed by atoms with Crippen LogP contribution in [0, 0.1) is 6.92 Å². The second-order valence-corrected chi connectivity index (χ2v) is 4.19. The molecule has 0 amide bonds. The van der Waals surface area contributed by atoms with Crippen molar-refractivity contribution < 1.29 is 4.74 Å². The quantitative estimate of drug-likeness (QED) is 0.791. The van der Waals surface area contributed by atoms with Crippen LogP contribution in [-0.4, -0.2) is 9.97 Å². The summed E-state index contributed by atoms with van der Waals surface area (Å²) >= 11 is 11.7. The van der Waals surface area contributed by atoms with Gasteiger partial charge >= 0.3 is 0 Å². The molecule has 0 spiro atoms. The van der Waals surface area contributed by atoms with Crippen LogP contribution in [0.25, 0.3) is 0 Å². The summed E-state index contributed by atoms with van der Waals surface area (Å²) in [6, 6.07) is 5.54. The number of hydrogen-bond acceptors (Lipinski definition) is 3. The molecule has 1 aromatic heterocycles. The molecule has 0 aliphatic rings. The van der Waals surface area contributed by atoms with Gasteiger partial charge < -0.3 is 4.74 Å². The van der Waals surface area contributed by atoms with Crippen molar-refractivity contribution in [3.05, 3.63) is 46.9 Å². The van der Waals surface area contributed by atoms with Gasteiger partial charge in [0.05, 0.1) is 22.8 Å². The van der Waals surface area contributed by atoms with Gasteiger partial charge in [-0.25, -0.2) is 4.98 Å². The summed E-state index contributed by atoms with van der Waals surface area (Å²) in [5.74, 6) is 1.23. The SMILES string of the molecule is Cc1ccc(Oc2cncc(CCl)n2)c(Cl)c1. The lowest BCUT2D eigenvalue weighted by Gasteiger charge is -2.07. The third-order valence-electron chi connectivity index (χ3n) is 2.10. The average molecular weight is 269 g/mol. The number of nitrogens with zero attached hydrogens (tertiary/aromatic N) is 2. The molecule has 0 fully saturated rings. The third kappa shape index (κ3) is 3.08. The van der Waals surface area contributed by atoms with Gasteiger partial charge in [0, 0.05) is 6.20 Å². The van der Waals surface area contributed by atoms with Crippen molar-refractivity contribution >= 4 is 23.2 Å². The fourth-order valence-electron chi connectivity index (χ4n) is 1.30. The summed E-state index contributed by atoms with van der Waals surface area (Å²) in [7, 11) is 0. The molecule has 0 saturated heterocycles. The van der Waals surface area contributed by atoms with E-state index in [-0.39, 0.29) is 0 Å². The number of halogens is 2. The standard InChI is InChI=1S/C12H10Cl2N2O/c1-8-2-3-11(10(14)4-8)17-12-7-15-6-9(5-13)16-12/h2-4,6-7H,5H2,1H3. The van der Waals surface area contributed by atoms with Gasteiger partial charge in [0.25, 0.3) is 0 Å². The van der Waals surface area contributed by atoms with Crippen molar-refractivity contribution in [3.63, 3.8) is 0 Å². The van der Waals surface area contributed by atoms with Crippen molar-refractivity contribution in [1.82, 2.24) is 9.97 Å². The average Bonchev–Trinajstić information content (AvgIpc) is 2.33. The first kappa shape index (κ1) is 12.1. The highest BCUT2D eigenvalue weighted by Crippen LogP contribution is 2.28. The molecule has 0 atom stereocenters. The van der Waals surface area contributed by atoms with Crippen molar-refractivity contribution in [3.8, 4) is 11.6 Å². The van der Waals surface area contributed by atoms with Gasteiger partial charge in [-0.05, 0) is 24.6 Å². The van der Waals surface area contributed by atoms with Crippen molar-refractivity contribution in [1.29, 1.82) is 0 Å². The smallest absolute Gasteiger partial charge is 0.238 e. The molecule has 17 heavy (non-hydrogen) atoms. The zero-order valence-electron chi connectivity index (χ0n) is 9.15. The van der Waals surface area contributed by atoms with E-state index in [2.05, 4.69) is 9.97 Å². The number of hydrogen-bond donors (Lipinski definition) is 0. The molecular weight excluding hydrogens is 259 g/mol. The molecule has 1 aromatic carbocycles. The molecule has 0 bridgehead atoms. The molecule has 0 aliphatic heterocycles. The molecule has 0 unspecified atom stereocenters. The van der Waals surface area contributed by atoms with E-state index in [9.17, 15) is 0 Å². The van der Waals surface area contributed by atoms with Crippen LogP contribution >= 0.6 is 23.2 Å². The maximum absolute atomic E-state index is 6.05. The summed E-state index contributed by atoms with van der Waals surface area (Å²) in [6.07, 6.45) is 3.11. The summed E-state index contributed by atoms with van der Waals surface area (Å²) in [6.45, 7) is 1.96. The highest BCUT2D eigenvalue weighted by Gasteiger charge is 2.05. The second-order valence-electron chi connectivity index (χ2n) is 3.52. The van der Waals surface area contributed by atoms with Crippen LogP contribution in [0.5, 0.6) is 11.6 Å². The predicted octanol–water partition coefficient (Wildman–Crippen LogP) is 3.97. The molecule has 5 heteroatoms. The number of aryl methyl sites for hydroxylation is 1. The Morgan fingerprint density at radius 1 is 1.29 bits per heavy atom. The normalized spacial score (nSPS) is 10.3. The summed E-state index contributed by atoms with van der Waals surface area (Å²) in [5.41, 5.74) is 1.73. The van der Waals surface area contributed by atoms with Gasteiger partial charge in [-0.2, -0.15) is 0 Å². The molecule has 88 valence electrons. The lowest BCUT2D eigenvalue weighted by Crippen LogP contribution is -1.93. The molecule has 0 N–H and O–H groups in total. The molecule has 3 nitrogen and oxygen atoms in total. The van der Waals surface area contributed by atoms with E-state index >= 15 is 0 Å². The highest BCUT2D eigenvalue weighted by molar-refractivity contribution is 6.32. The Morgan fingerprint density at radius 3 is 2.82 bits per heavy atom. The Bertz CT molecular complexity index is 532. The topological polar surface area (TPSA) is 35.0 Å². The van der Waals surface area contributed by atoms with Crippen LogP contribution in [0.4, 0.5) is 0 Å². The Kier molecular flexibility index (Phi) is 3.82. The zero-order chi connectivity index (χ0) is 12.3. The van der Waals surface area contributed by atoms with Gasteiger partial charge in [-0.3, -0.25) is 4.98 Å². The van der Waals surface area contributed by atoms with E-state index in [1.54, 1.807) is 12.3 Å². The molecule has 2 rings (SSSR count). The van der Waals surface area contributed by atoms with Crippen molar-refractivity contribution in [2.45, 2.75) is 12.8 Å². The van der Waals surface area contributed by atoms with Gasteiger partial charge in [0.1, 0.15) is 5.75 Å². The zero-order valence-corrected chi connectivity index (χ0v) is 10.7. The van der Waals surface area contributed by atoms with Crippen LogP contribution in [0.15, 0.2) is 30.6 Å². The van der Waals surface area contributed by atoms with Gasteiger partial charge in [0.2, 0.25) is 5.88 Å². The minimum Gasteiger partial charge on any atom is -0.436 e. The number of aromatic nitrogens is 2. The van der Waals surface area contributed by atoms with Crippen molar-refractivity contribution in [2.75, 3.05) is 0 Å². The van der Waals surface area contributed by atoms with Crippen LogP contribution in [-0.2, 0) is 5.88 Å². The molecule has 2 aromatic rings. The minimum atomic E-state index is 0.297. The van der Waals surface area contributed by atoms with Crippen LogP contribution < -0.4 is 4.74 Å². The Balaban J connectivity index is 2.25. The molecule has 1 heterocycles. The maximum Gasteiger partial charge on any atom is 0.238 e. The Morgan fingerprint density at radius 2 is 2.12 bits per heavy atom. The number of alkyl halides is 1. The highest BCUT2D eigenvalue weighted by atomic mass is 35.5. The minimum absolute atomic E-state index is 0.297. The fourth-order valence-corrected chi connectivity index (χ4v) is 1.70. The summed E-state index contributed by atoms with van der Waals surface area (Å²) < 4.78 is 5.54. The van der Waals surface area contributed by atoms with E-state index in [1.165, 1.54) is 6.20 Å². The summed E-state index contributed by atoms with van der Waals surface area (Å²) in [5, 5.41) is 0.545. The van der Waals surface area contributed by atoms with Gasteiger partial charge in [-0.15, -0.1) is 11.6 Å². The van der Waals surface area contributed by atoms with E-state index < -0.39 is 0 Å². The number of benzene rings is 1. The van der Waals surface area contributed by atoms with E-state index in [0.717, 1.165) is 5.56 Å². The predicted molar refractivity (Wildman–Crippen MR) is 67.9 cm³/mol. The Hall–Kier alpha value is -1.32. The lowest BCUT2D eigenvalue weighted by atomic mass is 10.2. The molecule has 0 aliphatic carbocycles. The first-order valence-electron chi connectivity index (χ1n) is 5.00. The van der Waals surface area contributed by atoms with Crippen molar-refractivity contribution in [2.24, 2.45) is 0 Å². The fraction of sp³-hybridized carbons (Fsp3) is 0.167. The largest absolute Gasteiger partial charge is 0.436 e. The van der Waals surface area contributed by atoms with E-state index in [0.29, 0.717) is 28.2 Å². The van der Waals surface area contributed by atoms with Crippen LogP contribution in [0.3, 0.4) is 0 Å². The van der Waals surface area contributed by atoms with Crippen LogP contribution in [0.1, 0.15) is 11.3 Å². The van der Waals surface area contributed by atoms with Gasteiger partial charge in [-0.1, -0.05) is 17.7 Å². The first-order valence-corrected chi connectivity index (χ1v) is 5.91. The lowest BCUT2D eigenvalue weighted by molar-refractivity contribution is 0.458. The third-order valence-corrected chi connectivity index (χ3v) is 2.67. The molecule has 0 saturated carbocycles. The molecule has 0 radical (unpaired) electrons.